The molecule has 94 valence electrons. The summed E-state index contributed by atoms with van der Waals surface area (Å²) in [4.78, 5) is 10.4. The van der Waals surface area contributed by atoms with Gasteiger partial charge < -0.3 is 4.74 Å². The predicted octanol–water partition coefficient (Wildman–Crippen LogP) is 3.61. The first-order valence-electron chi connectivity index (χ1n) is 5.50. The van der Waals surface area contributed by atoms with Gasteiger partial charge in [0.2, 0.25) is 0 Å². The highest BCUT2D eigenvalue weighted by Crippen LogP contribution is 2.28. The number of nitro benzene ring substituents is 1. The highest BCUT2D eigenvalue weighted by Gasteiger charge is 2.14. The smallest absolute Gasteiger partial charge is 0.276 e. The lowest BCUT2D eigenvalue weighted by Gasteiger charge is -2.09. The van der Waals surface area contributed by atoms with E-state index in [1.807, 2.05) is 6.92 Å². The largest absolute Gasteiger partial charge is 0.493 e. The van der Waals surface area contributed by atoms with Crippen molar-refractivity contribution in [3.05, 3.63) is 33.4 Å². The average Bonchev–Trinajstić information content (AvgIpc) is 2.26. The number of hydrogen-bond donors (Lipinski definition) is 0. The van der Waals surface area contributed by atoms with E-state index in [2.05, 4.69) is 0 Å². The molecular weight excluding hydrogens is 242 g/mol. The van der Waals surface area contributed by atoms with Gasteiger partial charge in [-0.15, -0.1) is 11.6 Å². The Bertz CT molecular complexity index is 407. The second-order valence-electron chi connectivity index (χ2n) is 3.91. The van der Waals surface area contributed by atoms with Gasteiger partial charge >= 0.3 is 0 Å². The van der Waals surface area contributed by atoms with Gasteiger partial charge in [-0.3, -0.25) is 10.1 Å². The summed E-state index contributed by atoms with van der Waals surface area (Å²) in [6, 6.07) is 3.26. The van der Waals surface area contributed by atoms with Crippen molar-refractivity contribution in [1.29, 1.82) is 0 Å². The average molecular weight is 258 g/mol. The van der Waals surface area contributed by atoms with Gasteiger partial charge in [-0.2, -0.15) is 0 Å². The van der Waals surface area contributed by atoms with Gasteiger partial charge in [0, 0.05) is 11.4 Å². The Hall–Kier alpha value is -1.29. The molecule has 5 heteroatoms. The third-order valence-corrected chi connectivity index (χ3v) is 2.74. The molecule has 1 aromatic rings. The molecule has 0 bridgehead atoms. The number of ether oxygens (including phenoxy) is 1. The summed E-state index contributed by atoms with van der Waals surface area (Å²) >= 11 is 5.56. The van der Waals surface area contributed by atoms with Crippen LogP contribution < -0.4 is 4.74 Å². The molecule has 0 saturated carbocycles. The van der Waals surface area contributed by atoms with Crippen LogP contribution in [0.2, 0.25) is 0 Å². The molecule has 0 aromatic heterocycles. The van der Waals surface area contributed by atoms with Crippen LogP contribution in [0.1, 0.15) is 24.0 Å². The van der Waals surface area contributed by atoms with Crippen LogP contribution in [-0.2, 0) is 0 Å². The van der Waals surface area contributed by atoms with Crippen LogP contribution in [0.5, 0.6) is 5.75 Å². The number of unbranched alkanes of at least 4 members (excludes halogenated alkanes) is 1. The van der Waals surface area contributed by atoms with Crippen molar-refractivity contribution in [3.8, 4) is 5.75 Å². The summed E-state index contributed by atoms with van der Waals surface area (Å²) in [5, 5.41) is 10.8. The summed E-state index contributed by atoms with van der Waals surface area (Å²) in [7, 11) is 0. The van der Waals surface area contributed by atoms with E-state index in [4.69, 9.17) is 16.3 Å². The first kappa shape index (κ1) is 13.8. The van der Waals surface area contributed by atoms with Gasteiger partial charge in [-0.1, -0.05) is 0 Å². The number of halogens is 1. The molecule has 0 unspecified atom stereocenters. The Labute approximate surface area is 106 Å². The molecule has 17 heavy (non-hydrogen) atoms. The van der Waals surface area contributed by atoms with Gasteiger partial charge in [0.15, 0.2) is 0 Å². The van der Waals surface area contributed by atoms with Gasteiger partial charge in [-0.05, 0) is 38.3 Å². The Kier molecular flexibility index (Phi) is 5.22. The molecule has 0 aliphatic carbocycles. The zero-order valence-corrected chi connectivity index (χ0v) is 10.8. The van der Waals surface area contributed by atoms with Crippen molar-refractivity contribution in [2.75, 3.05) is 12.5 Å². The Morgan fingerprint density at radius 2 is 2.00 bits per heavy atom. The second-order valence-corrected chi connectivity index (χ2v) is 4.28. The fraction of sp³-hybridized carbons (Fsp3) is 0.500. The Morgan fingerprint density at radius 3 is 2.59 bits per heavy atom. The molecule has 1 aromatic carbocycles. The first-order valence-corrected chi connectivity index (χ1v) is 6.04. The second kappa shape index (κ2) is 6.45. The summed E-state index contributed by atoms with van der Waals surface area (Å²) in [6.07, 6.45) is 1.74. The van der Waals surface area contributed by atoms with E-state index in [1.165, 1.54) is 6.07 Å². The number of alkyl halides is 1. The lowest BCUT2D eigenvalue weighted by molar-refractivity contribution is -0.385. The summed E-state index contributed by atoms with van der Waals surface area (Å²) in [5.74, 6) is 1.19. The molecule has 0 amide bonds. The topological polar surface area (TPSA) is 52.4 Å². The molecule has 0 aliphatic heterocycles. The van der Waals surface area contributed by atoms with E-state index < -0.39 is 0 Å². The van der Waals surface area contributed by atoms with Crippen molar-refractivity contribution in [2.45, 2.75) is 26.7 Å². The minimum atomic E-state index is -0.388. The SMILES string of the molecule is Cc1cc(C)c([N+](=O)[O-])cc1OCCCCCl. The quantitative estimate of drug-likeness (QED) is 0.339. The number of nitro groups is 1. The summed E-state index contributed by atoms with van der Waals surface area (Å²) < 4.78 is 5.52. The van der Waals surface area contributed by atoms with Crippen molar-refractivity contribution >= 4 is 17.3 Å². The van der Waals surface area contributed by atoms with Crippen LogP contribution in [0.4, 0.5) is 5.69 Å². The molecule has 0 heterocycles. The van der Waals surface area contributed by atoms with Crippen molar-refractivity contribution in [1.82, 2.24) is 0 Å². The lowest BCUT2D eigenvalue weighted by atomic mass is 10.1. The van der Waals surface area contributed by atoms with E-state index in [-0.39, 0.29) is 10.6 Å². The van der Waals surface area contributed by atoms with Crippen molar-refractivity contribution < 1.29 is 9.66 Å². The molecule has 4 nitrogen and oxygen atoms in total. The van der Waals surface area contributed by atoms with E-state index in [9.17, 15) is 10.1 Å². The molecule has 0 N–H and O–H groups in total. The van der Waals surface area contributed by atoms with Crippen molar-refractivity contribution in [2.24, 2.45) is 0 Å². The first-order chi connectivity index (χ1) is 8.06. The minimum absolute atomic E-state index is 0.0999. The molecule has 0 atom stereocenters. The monoisotopic (exact) mass is 257 g/mol. The van der Waals surface area contributed by atoms with Gasteiger partial charge in [0.05, 0.1) is 17.6 Å². The molecule has 0 fully saturated rings. The van der Waals surface area contributed by atoms with E-state index >= 15 is 0 Å². The zero-order valence-electron chi connectivity index (χ0n) is 10.0. The number of benzene rings is 1. The fourth-order valence-corrected chi connectivity index (χ4v) is 1.74. The van der Waals surface area contributed by atoms with Gasteiger partial charge in [-0.25, -0.2) is 0 Å². The fourth-order valence-electron chi connectivity index (χ4n) is 1.55. The number of hydrogen-bond acceptors (Lipinski definition) is 3. The van der Waals surface area contributed by atoms with Crippen LogP contribution >= 0.6 is 11.6 Å². The zero-order chi connectivity index (χ0) is 12.8. The minimum Gasteiger partial charge on any atom is -0.493 e. The number of aryl methyl sites for hydroxylation is 2. The van der Waals surface area contributed by atoms with E-state index in [1.54, 1.807) is 13.0 Å². The summed E-state index contributed by atoms with van der Waals surface area (Å²) in [6.45, 7) is 4.14. The molecule has 1 rings (SSSR count). The standard InChI is InChI=1S/C12H16ClNO3/c1-9-7-10(2)12(8-11(9)14(15)16)17-6-4-3-5-13/h7-8H,3-6H2,1-2H3. The van der Waals surface area contributed by atoms with E-state index in [0.29, 0.717) is 23.8 Å². The third kappa shape index (κ3) is 3.89. The number of rotatable bonds is 6. The van der Waals surface area contributed by atoms with Crippen LogP contribution in [0.3, 0.4) is 0 Å². The lowest BCUT2D eigenvalue weighted by Crippen LogP contribution is -2.01. The number of nitrogens with zero attached hydrogens (tertiary/aromatic N) is 1. The molecule has 0 saturated heterocycles. The maximum atomic E-state index is 10.8. The van der Waals surface area contributed by atoms with Gasteiger partial charge in [0.1, 0.15) is 5.75 Å². The van der Waals surface area contributed by atoms with Crippen LogP contribution in [0, 0.1) is 24.0 Å². The third-order valence-electron chi connectivity index (χ3n) is 2.48. The maximum absolute atomic E-state index is 10.8. The Morgan fingerprint density at radius 1 is 1.29 bits per heavy atom. The normalized spacial score (nSPS) is 10.3. The van der Waals surface area contributed by atoms with Crippen LogP contribution in [0.25, 0.3) is 0 Å². The Balaban J connectivity index is 2.77. The summed E-state index contributed by atoms with van der Waals surface area (Å²) in [5.41, 5.74) is 1.67. The van der Waals surface area contributed by atoms with Crippen LogP contribution in [0.15, 0.2) is 12.1 Å². The maximum Gasteiger partial charge on any atom is 0.276 e. The highest BCUT2D eigenvalue weighted by atomic mass is 35.5. The van der Waals surface area contributed by atoms with Crippen molar-refractivity contribution in [3.63, 3.8) is 0 Å². The highest BCUT2D eigenvalue weighted by molar-refractivity contribution is 6.17. The molecule has 0 radical (unpaired) electrons. The van der Waals surface area contributed by atoms with E-state index in [0.717, 1.165) is 18.4 Å². The molecule has 0 spiro atoms. The van der Waals surface area contributed by atoms with Crippen LogP contribution in [-0.4, -0.2) is 17.4 Å². The molecule has 0 aliphatic rings. The van der Waals surface area contributed by atoms with Gasteiger partial charge in [0.25, 0.3) is 5.69 Å². The molecular formula is C12H16ClNO3. The predicted molar refractivity (Wildman–Crippen MR) is 68.0 cm³/mol.